The van der Waals surface area contributed by atoms with E-state index in [-0.39, 0.29) is 24.2 Å². The summed E-state index contributed by atoms with van der Waals surface area (Å²) >= 11 is 6.01. The van der Waals surface area contributed by atoms with Crippen LogP contribution in [0.4, 0.5) is 11.4 Å². The Morgan fingerprint density at radius 1 is 1.28 bits per heavy atom. The molecule has 1 fully saturated rings. The van der Waals surface area contributed by atoms with Gasteiger partial charge in [0.25, 0.3) is 0 Å². The molecule has 2 aromatic carbocycles. The fourth-order valence-corrected chi connectivity index (χ4v) is 3.32. The molecule has 1 atom stereocenters. The van der Waals surface area contributed by atoms with Crippen molar-refractivity contribution in [3.05, 3.63) is 58.6 Å². The smallest absolute Gasteiger partial charge is 0.229 e. The Morgan fingerprint density at radius 3 is 2.80 bits per heavy atom. The Bertz CT molecular complexity index is 819. The van der Waals surface area contributed by atoms with Gasteiger partial charge < -0.3 is 10.2 Å². The highest BCUT2D eigenvalue weighted by atomic mass is 35.5. The number of anilines is 2. The predicted octanol–water partition coefficient (Wildman–Crippen LogP) is 4.20. The van der Waals surface area contributed by atoms with Gasteiger partial charge in [-0.1, -0.05) is 42.8 Å². The highest BCUT2D eigenvalue weighted by molar-refractivity contribution is 6.31. The Kier molecular flexibility index (Phi) is 5.09. The molecule has 25 heavy (non-hydrogen) atoms. The van der Waals surface area contributed by atoms with Gasteiger partial charge in [0.2, 0.25) is 11.8 Å². The summed E-state index contributed by atoms with van der Waals surface area (Å²) in [6, 6.07) is 13.2. The second-order valence-corrected chi connectivity index (χ2v) is 6.77. The molecule has 1 N–H and O–H groups in total. The summed E-state index contributed by atoms with van der Waals surface area (Å²) in [5.41, 5.74) is 3.65. The number of para-hydroxylation sites is 1. The number of amides is 2. The molecule has 0 radical (unpaired) electrons. The van der Waals surface area contributed by atoms with Crippen molar-refractivity contribution in [2.45, 2.75) is 26.7 Å². The number of halogens is 1. The quantitative estimate of drug-likeness (QED) is 0.892. The average molecular weight is 357 g/mol. The Labute approximate surface area is 152 Å². The first kappa shape index (κ1) is 17.5. The van der Waals surface area contributed by atoms with E-state index in [1.807, 2.05) is 37.3 Å². The highest BCUT2D eigenvalue weighted by Crippen LogP contribution is 2.29. The average Bonchev–Trinajstić information content (AvgIpc) is 3.00. The molecule has 0 aliphatic carbocycles. The first-order chi connectivity index (χ1) is 12.0. The molecule has 4 nitrogen and oxygen atoms in total. The lowest BCUT2D eigenvalue weighted by atomic mass is 10.1. The maximum absolute atomic E-state index is 12.6. The van der Waals surface area contributed by atoms with Crippen LogP contribution in [0.15, 0.2) is 42.5 Å². The molecule has 2 aromatic rings. The second-order valence-electron chi connectivity index (χ2n) is 6.34. The highest BCUT2D eigenvalue weighted by Gasteiger charge is 2.35. The van der Waals surface area contributed by atoms with Crippen molar-refractivity contribution in [2.75, 3.05) is 16.8 Å². The number of carbonyl (C=O) groups excluding carboxylic acids is 2. The van der Waals surface area contributed by atoms with Gasteiger partial charge in [0.15, 0.2) is 0 Å². The lowest BCUT2D eigenvalue weighted by Gasteiger charge is -2.20. The van der Waals surface area contributed by atoms with Crippen LogP contribution in [0.2, 0.25) is 5.02 Å². The van der Waals surface area contributed by atoms with Crippen LogP contribution in [0.3, 0.4) is 0 Å². The van der Waals surface area contributed by atoms with E-state index >= 15 is 0 Å². The van der Waals surface area contributed by atoms with E-state index in [9.17, 15) is 9.59 Å². The lowest BCUT2D eigenvalue weighted by molar-refractivity contribution is -0.122. The van der Waals surface area contributed by atoms with Crippen molar-refractivity contribution < 1.29 is 9.59 Å². The van der Waals surface area contributed by atoms with E-state index in [2.05, 4.69) is 12.2 Å². The topological polar surface area (TPSA) is 49.4 Å². The van der Waals surface area contributed by atoms with Crippen molar-refractivity contribution >= 4 is 34.8 Å². The van der Waals surface area contributed by atoms with Crippen LogP contribution in [0.5, 0.6) is 0 Å². The van der Waals surface area contributed by atoms with Crippen LogP contribution in [0, 0.1) is 12.8 Å². The zero-order valence-corrected chi connectivity index (χ0v) is 15.1. The van der Waals surface area contributed by atoms with Crippen LogP contribution < -0.4 is 10.2 Å². The molecular weight excluding hydrogens is 336 g/mol. The van der Waals surface area contributed by atoms with Gasteiger partial charge in [-0.3, -0.25) is 9.59 Å². The molecule has 0 aromatic heterocycles. The molecule has 1 heterocycles. The minimum atomic E-state index is -0.365. The van der Waals surface area contributed by atoms with Gasteiger partial charge in [0, 0.05) is 29.4 Å². The van der Waals surface area contributed by atoms with Gasteiger partial charge >= 0.3 is 0 Å². The minimum Gasteiger partial charge on any atom is -0.325 e. The number of hydrogen-bond donors (Lipinski definition) is 1. The predicted molar refractivity (Wildman–Crippen MR) is 101 cm³/mol. The number of nitrogens with zero attached hydrogens (tertiary/aromatic N) is 1. The number of nitrogens with one attached hydrogen (secondary N) is 1. The molecule has 0 bridgehead atoms. The molecule has 1 saturated heterocycles. The van der Waals surface area contributed by atoms with Gasteiger partial charge in [-0.2, -0.15) is 0 Å². The molecule has 130 valence electrons. The van der Waals surface area contributed by atoms with Crippen LogP contribution in [-0.2, 0) is 16.0 Å². The van der Waals surface area contributed by atoms with Crippen molar-refractivity contribution in [3.8, 4) is 0 Å². The third-order valence-electron chi connectivity index (χ3n) is 4.62. The molecule has 2 amide bonds. The second kappa shape index (κ2) is 7.28. The standard InChI is InChI=1S/C20H21ClN2O2/c1-3-14-6-4-5-7-18(14)23-12-15(10-19(23)24)20(25)22-17-11-16(21)9-8-13(17)2/h4-9,11,15H,3,10,12H2,1-2H3,(H,22,25)/t15-/m0/s1. The summed E-state index contributed by atoms with van der Waals surface area (Å²) in [7, 11) is 0. The Balaban J connectivity index is 1.76. The van der Waals surface area contributed by atoms with Crippen molar-refractivity contribution in [1.29, 1.82) is 0 Å². The molecule has 0 spiro atoms. The summed E-state index contributed by atoms with van der Waals surface area (Å²) in [5, 5.41) is 3.48. The van der Waals surface area contributed by atoms with Gasteiger partial charge in [0.1, 0.15) is 0 Å². The molecule has 0 unspecified atom stereocenters. The van der Waals surface area contributed by atoms with Crippen LogP contribution in [0.25, 0.3) is 0 Å². The summed E-state index contributed by atoms with van der Waals surface area (Å²) in [6.07, 6.45) is 1.07. The van der Waals surface area contributed by atoms with Gasteiger partial charge in [-0.05, 0) is 42.7 Å². The molecule has 0 saturated carbocycles. The van der Waals surface area contributed by atoms with E-state index < -0.39 is 0 Å². The summed E-state index contributed by atoms with van der Waals surface area (Å²) in [6.45, 7) is 4.38. The molecular formula is C20H21ClN2O2. The van der Waals surface area contributed by atoms with Crippen molar-refractivity contribution in [3.63, 3.8) is 0 Å². The fourth-order valence-electron chi connectivity index (χ4n) is 3.15. The van der Waals surface area contributed by atoms with E-state index in [1.165, 1.54) is 0 Å². The number of rotatable bonds is 4. The van der Waals surface area contributed by atoms with E-state index in [1.54, 1.807) is 17.0 Å². The lowest BCUT2D eigenvalue weighted by Crippen LogP contribution is -2.28. The minimum absolute atomic E-state index is 0.0103. The maximum atomic E-state index is 12.6. The summed E-state index contributed by atoms with van der Waals surface area (Å²) < 4.78 is 0. The number of hydrogen-bond acceptors (Lipinski definition) is 2. The van der Waals surface area contributed by atoms with E-state index in [4.69, 9.17) is 11.6 Å². The number of aryl methyl sites for hydroxylation is 2. The van der Waals surface area contributed by atoms with Crippen molar-refractivity contribution in [2.24, 2.45) is 5.92 Å². The van der Waals surface area contributed by atoms with Crippen LogP contribution in [-0.4, -0.2) is 18.4 Å². The normalized spacial score (nSPS) is 17.0. The largest absolute Gasteiger partial charge is 0.325 e. The van der Waals surface area contributed by atoms with Gasteiger partial charge in [-0.15, -0.1) is 0 Å². The third kappa shape index (κ3) is 3.69. The Hall–Kier alpha value is -2.33. The van der Waals surface area contributed by atoms with Crippen LogP contribution in [0.1, 0.15) is 24.5 Å². The summed E-state index contributed by atoms with van der Waals surface area (Å²) in [5.74, 6) is -0.519. The maximum Gasteiger partial charge on any atom is 0.229 e. The zero-order chi connectivity index (χ0) is 18.0. The zero-order valence-electron chi connectivity index (χ0n) is 14.4. The first-order valence-corrected chi connectivity index (χ1v) is 8.82. The van der Waals surface area contributed by atoms with E-state index in [0.717, 1.165) is 23.2 Å². The van der Waals surface area contributed by atoms with Gasteiger partial charge in [-0.25, -0.2) is 0 Å². The molecule has 3 rings (SSSR count). The molecule has 5 heteroatoms. The summed E-state index contributed by atoms with van der Waals surface area (Å²) in [4.78, 5) is 26.8. The SMILES string of the molecule is CCc1ccccc1N1C[C@@H](C(=O)Nc2cc(Cl)ccc2C)CC1=O. The monoisotopic (exact) mass is 356 g/mol. The van der Waals surface area contributed by atoms with Crippen molar-refractivity contribution in [1.82, 2.24) is 0 Å². The van der Waals surface area contributed by atoms with Crippen LogP contribution >= 0.6 is 11.6 Å². The van der Waals surface area contributed by atoms with Gasteiger partial charge in [0.05, 0.1) is 5.92 Å². The Morgan fingerprint density at radius 2 is 2.04 bits per heavy atom. The van der Waals surface area contributed by atoms with E-state index in [0.29, 0.717) is 17.3 Å². The fraction of sp³-hybridized carbons (Fsp3) is 0.300. The third-order valence-corrected chi connectivity index (χ3v) is 4.85. The molecule has 1 aliphatic rings. The first-order valence-electron chi connectivity index (χ1n) is 8.45. The molecule has 1 aliphatic heterocycles. The number of carbonyl (C=O) groups is 2. The number of benzene rings is 2.